The second kappa shape index (κ2) is 10.3. The van der Waals surface area contributed by atoms with Crippen LogP contribution in [-0.4, -0.2) is 33.9 Å². The van der Waals surface area contributed by atoms with Crippen molar-refractivity contribution in [3.63, 3.8) is 0 Å². The fourth-order valence-electron chi connectivity index (χ4n) is 2.42. The van der Waals surface area contributed by atoms with Gasteiger partial charge in [-0.3, -0.25) is 9.59 Å². The maximum absolute atomic E-state index is 12.0. The maximum Gasteiger partial charge on any atom is 0.224 e. The van der Waals surface area contributed by atoms with E-state index in [1.54, 1.807) is 48.5 Å². The third-order valence-corrected chi connectivity index (χ3v) is 3.95. The fraction of sp³-hybridized carbons (Fsp3) is 0.158. The molecule has 0 bridgehead atoms. The van der Waals surface area contributed by atoms with Crippen molar-refractivity contribution in [3.05, 3.63) is 59.7 Å². The van der Waals surface area contributed by atoms with Gasteiger partial charge in [0.05, 0.1) is 0 Å². The number of amides is 2. The monoisotopic (exact) mass is 398 g/mol. The summed E-state index contributed by atoms with van der Waals surface area (Å²) in [7, 11) is 0. The lowest BCUT2D eigenvalue weighted by Crippen LogP contribution is -2.16. The Labute approximate surface area is 166 Å². The summed E-state index contributed by atoms with van der Waals surface area (Å²) in [5, 5.41) is 28.5. The molecule has 0 unspecified atom stereocenters. The largest absolute Gasteiger partial charge is 0.409 e. The first kappa shape index (κ1) is 21.2. The topological polar surface area (TPSA) is 175 Å². The molecule has 0 heterocycles. The van der Waals surface area contributed by atoms with Crippen LogP contribution in [0.1, 0.15) is 30.4 Å². The van der Waals surface area contributed by atoms with Crippen molar-refractivity contribution in [1.82, 2.24) is 0 Å². The Morgan fingerprint density at radius 3 is 1.38 bits per heavy atom. The highest BCUT2D eigenvalue weighted by molar-refractivity contribution is 5.99. The number of hydrogen-bond donors (Lipinski definition) is 6. The Morgan fingerprint density at radius 2 is 1.07 bits per heavy atom. The number of nitrogens with zero attached hydrogens (tertiary/aromatic N) is 2. The van der Waals surface area contributed by atoms with Crippen LogP contribution in [0.25, 0.3) is 0 Å². The van der Waals surface area contributed by atoms with Gasteiger partial charge in [0.2, 0.25) is 11.8 Å². The molecule has 0 atom stereocenters. The Balaban J connectivity index is 1.74. The van der Waals surface area contributed by atoms with E-state index in [1.807, 2.05) is 0 Å². The molecule has 2 aromatic carbocycles. The lowest BCUT2D eigenvalue weighted by atomic mass is 10.1. The first-order chi connectivity index (χ1) is 13.9. The van der Waals surface area contributed by atoms with Crippen LogP contribution < -0.4 is 22.1 Å². The van der Waals surface area contributed by atoms with E-state index in [4.69, 9.17) is 21.9 Å². The van der Waals surface area contributed by atoms with Gasteiger partial charge in [0.15, 0.2) is 11.7 Å². The van der Waals surface area contributed by atoms with E-state index in [0.717, 1.165) is 0 Å². The number of anilines is 2. The molecule has 0 saturated heterocycles. The van der Waals surface area contributed by atoms with Crippen molar-refractivity contribution in [1.29, 1.82) is 0 Å². The van der Waals surface area contributed by atoms with Crippen molar-refractivity contribution in [2.45, 2.75) is 19.3 Å². The van der Waals surface area contributed by atoms with Crippen LogP contribution in [0, 0.1) is 0 Å². The third kappa shape index (κ3) is 6.54. The summed E-state index contributed by atoms with van der Waals surface area (Å²) in [6.45, 7) is 0. The zero-order valence-corrected chi connectivity index (χ0v) is 15.5. The van der Waals surface area contributed by atoms with E-state index in [9.17, 15) is 9.59 Å². The molecule has 0 saturated carbocycles. The predicted octanol–water partition coefficient (Wildman–Crippen LogP) is 1.62. The van der Waals surface area contributed by atoms with E-state index < -0.39 is 0 Å². The summed E-state index contributed by atoms with van der Waals surface area (Å²) >= 11 is 0. The summed E-state index contributed by atoms with van der Waals surface area (Å²) in [6.07, 6.45) is 0.734. The van der Waals surface area contributed by atoms with Crippen molar-refractivity contribution in [2.24, 2.45) is 21.8 Å². The molecule has 0 aliphatic carbocycles. The zero-order valence-electron chi connectivity index (χ0n) is 15.5. The number of nitrogens with two attached hydrogens (primary N) is 2. The molecule has 10 nitrogen and oxygen atoms in total. The molecule has 0 aliphatic rings. The van der Waals surface area contributed by atoms with Crippen LogP contribution >= 0.6 is 0 Å². The molecule has 0 aliphatic heterocycles. The minimum Gasteiger partial charge on any atom is -0.409 e. The quantitative estimate of drug-likeness (QED) is 0.170. The highest BCUT2D eigenvalue weighted by Crippen LogP contribution is 2.12. The Kier molecular flexibility index (Phi) is 7.54. The molecule has 0 spiro atoms. The number of carbonyl (C=O) groups excluding carboxylic acids is 2. The number of hydrogen-bond acceptors (Lipinski definition) is 6. The van der Waals surface area contributed by atoms with Crippen LogP contribution in [0.15, 0.2) is 58.8 Å². The average molecular weight is 398 g/mol. The van der Waals surface area contributed by atoms with E-state index in [1.165, 1.54) is 0 Å². The average Bonchev–Trinajstić information content (AvgIpc) is 2.73. The highest BCUT2D eigenvalue weighted by atomic mass is 16.4. The Morgan fingerprint density at radius 1 is 0.724 bits per heavy atom. The SMILES string of the molecule is NC(=NO)c1ccc(NC(=O)CCCC(=O)Nc2ccc(C(N)=NO)cc2)cc1. The van der Waals surface area contributed by atoms with E-state index in [-0.39, 0.29) is 36.3 Å². The van der Waals surface area contributed by atoms with Gasteiger partial charge in [0.25, 0.3) is 0 Å². The molecule has 2 amide bonds. The standard InChI is InChI=1S/C19H22N6O4/c20-18(24-28)12-4-8-14(9-5-12)22-16(26)2-1-3-17(27)23-15-10-6-13(7-11-15)19(21)25-29/h4-11,28-29H,1-3H2,(H2,20,24)(H2,21,25)(H,22,26)(H,23,27). The number of nitrogens with one attached hydrogen (secondary N) is 2. The number of benzene rings is 2. The second-order valence-corrected chi connectivity index (χ2v) is 6.08. The summed E-state index contributed by atoms with van der Waals surface area (Å²) in [5.74, 6) is -0.489. The van der Waals surface area contributed by atoms with Crippen LogP contribution in [0.5, 0.6) is 0 Å². The highest BCUT2D eigenvalue weighted by Gasteiger charge is 2.08. The number of rotatable bonds is 8. The van der Waals surface area contributed by atoms with Crippen molar-refractivity contribution in [2.75, 3.05) is 10.6 Å². The van der Waals surface area contributed by atoms with Gasteiger partial charge in [-0.15, -0.1) is 0 Å². The van der Waals surface area contributed by atoms with Crippen LogP contribution in [0.4, 0.5) is 11.4 Å². The first-order valence-corrected chi connectivity index (χ1v) is 8.68. The van der Waals surface area contributed by atoms with Gasteiger partial charge in [-0.25, -0.2) is 0 Å². The Hall–Kier alpha value is -4.08. The minimum atomic E-state index is -0.225. The molecule has 2 rings (SSSR count). The van der Waals surface area contributed by atoms with E-state index >= 15 is 0 Å². The van der Waals surface area contributed by atoms with Crippen molar-refractivity contribution >= 4 is 34.9 Å². The summed E-state index contributed by atoms with van der Waals surface area (Å²) in [4.78, 5) is 24.0. The van der Waals surface area contributed by atoms with E-state index in [0.29, 0.717) is 28.9 Å². The van der Waals surface area contributed by atoms with Crippen molar-refractivity contribution in [3.8, 4) is 0 Å². The van der Waals surface area contributed by atoms with Gasteiger partial charge in [-0.05, 0) is 55.0 Å². The van der Waals surface area contributed by atoms with Crippen LogP contribution in [0.2, 0.25) is 0 Å². The van der Waals surface area contributed by atoms with Crippen LogP contribution in [-0.2, 0) is 9.59 Å². The lowest BCUT2D eigenvalue weighted by molar-refractivity contribution is -0.117. The smallest absolute Gasteiger partial charge is 0.224 e. The van der Waals surface area contributed by atoms with Gasteiger partial charge in [-0.2, -0.15) is 0 Å². The molecular weight excluding hydrogens is 376 g/mol. The summed E-state index contributed by atoms with van der Waals surface area (Å²) < 4.78 is 0. The Bertz CT molecular complexity index is 832. The van der Waals surface area contributed by atoms with Gasteiger partial charge in [-0.1, -0.05) is 10.3 Å². The summed E-state index contributed by atoms with van der Waals surface area (Å²) in [5.41, 5.74) is 13.1. The zero-order chi connectivity index (χ0) is 21.2. The molecule has 0 fully saturated rings. The maximum atomic E-state index is 12.0. The second-order valence-electron chi connectivity index (χ2n) is 6.08. The normalized spacial score (nSPS) is 11.7. The third-order valence-electron chi connectivity index (χ3n) is 3.95. The summed E-state index contributed by atoms with van der Waals surface area (Å²) in [6, 6.07) is 13.0. The molecule has 0 aromatic heterocycles. The predicted molar refractivity (Wildman–Crippen MR) is 109 cm³/mol. The van der Waals surface area contributed by atoms with Crippen molar-refractivity contribution < 1.29 is 20.0 Å². The molecule has 8 N–H and O–H groups in total. The van der Waals surface area contributed by atoms with Gasteiger partial charge >= 0.3 is 0 Å². The number of carbonyl (C=O) groups is 2. The minimum absolute atomic E-state index is 0.0199. The molecule has 29 heavy (non-hydrogen) atoms. The molecule has 0 radical (unpaired) electrons. The molecule has 10 heteroatoms. The van der Waals surface area contributed by atoms with Gasteiger partial charge < -0.3 is 32.5 Å². The number of oxime groups is 2. The van der Waals surface area contributed by atoms with Gasteiger partial charge in [0, 0.05) is 35.3 Å². The first-order valence-electron chi connectivity index (χ1n) is 8.68. The lowest BCUT2D eigenvalue weighted by Gasteiger charge is -2.07. The number of amidine groups is 2. The van der Waals surface area contributed by atoms with Gasteiger partial charge in [0.1, 0.15) is 0 Å². The molecule has 2 aromatic rings. The van der Waals surface area contributed by atoms with E-state index in [2.05, 4.69) is 20.9 Å². The fourth-order valence-corrected chi connectivity index (χ4v) is 2.42. The van der Waals surface area contributed by atoms with Crippen LogP contribution in [0.3, 0.4) is 0 Å². The molecule has 152 valence electrons. The molecular formula is C19H22N6O4.